The molecule has 0 saturated carbocycles. The van der Waals surface area contributed by atoms with Crippen molar-refractivity contribution >= 4 is 33.4 Å². The molecule has 9 heteroatoms. The summed E-state index contributed by atoms with van der Waals surface area (Å²) in [6.45, 7) is 2.86. The first-order valence-electron chi connectivity index (χ1n) is 10.7. The number of carbonyl (C=O) groups excluding carboxylic acids is 1. The Morgan fingerprint density at radius 2 is 1.85 bits per heavy atom. The van der Waals surface area contributed by atoms with Crippen molar-refractivity contribution in [3.05, 3.63) is 97.9 Å². The van der Waals surface area contributed by atoms with Crippen LogP contribution in [0.4, 0.5) is 0 Å². The molecule has 0 aliphatic heterocycles. The van der Waals surface area contributed by atoms with E-state index in [9.17, 15) is 14.4 Å². The number of thiophene rings is 1. The fourth-order valence-electron chi connectivity index (χ4n) is 3.47. The molecule has 0 spiro atoms. The van der Waals surface area contributed by atoms with E-state index in [0.29, 0.717) is 22.3 Å². The second kappa shape index (κ2) is 10.4. The molecule has 0 radical (unpaired) electrons. The van der Waals surface area contributed by atoms with Gasteiger partial charge in [-0.3, -0.25) is 9.59 Å². The van der Waals surface area contributed by atoms with E-state index >= 15 is 0 Å². The number of ether oxygens (including phenoxy) is 1. The fraction of sp³-hybridized carbons (Fsp3) is 0.200. The number of H-pyrrole nitrogens is 1. The maximum atomic E-state index is 12.7. The zero-order chi connectivity index (χ0) is 24.1. The van der Waals surface area contributed by atoms with Crippen molar-refractivity contribution in [2.24, 2.45) is 0 Å². The van der Waals surface area contributed by atoms with E-state index in [1.165, 1.54) is 29.0 Å². The molecule has 0 aliphatic carbocycles. The zero-order valence-corrected chi connectivity index (χ0v) is 19.3. The summed E-state index contributed by atoms with van der Waals surface area (Å²) in [6.07, 6.45) is 0.911. The van der Waals surface area contributed by atoms with Crippen molar-refractivity contribution < 1.29 is 19.4 Å². The molecule has 174 valence electrons. The summed E-state index contributed by atoms with van der Waals surface area (Å²) in [5.74, 6) is -1.46. The van der Waals surface area contributed by atoms with Gasteiger partial charge >= 0.3 is 5.97 Å². The van der Waals surface area contributed by atoms with Gasteiger partial charge in [-0.15, -0.1) is 11.3 Å². The van der Waals surface area contributed by atoms with Crippen LogP contribution in [0.25, 0.3) is 10.2 Å². The molecule has 8 nitrogen and oxygen atoms in total. The Kier molecular flexibility index (Phi) is 7.15. The summed E-state index contributed by atoms with van der Waals surface area (Å²) in [6, 6.07) is 14.4. The zero-order valence-electron chi connectivity index (χ0n) is 18.5. The lowest BCUT2D eigenvalue weighted by molar-refractivity contribution is 0.0696. The Hall–Kier alpha value is -3.82. The molecule has 0 atom stereocenters. The largest absolute Gasteiger partial charge is 0.478 e. The van der Waals surface area contributed by atoms with Gasteiger partial charge < -0.3 is 20.1 Å². The highest BCUT2D eigenvalue weighted by Crippen LogP contribution is 2.22. The molecule has 3 N–H and O–H groups in total. The number of aryl methyl sites for hydroxylation is 1. The summed E-state index contributed by atoms with van der Waals surface area (Å²) in [5.41, 5.74) is 3.47. The highest BCUT2D eigenvalue weighted by molar-refractivity contribution is 7.16. The van der Waals surface area contributed by atoms with E-state index in [1.807, 2.05) is 24.3 Å². The SMILES string of the molecule is CCc1cccc(CNC(=O)c2nc3scc(COCc4ccc(C(=O)O)cc4)c3c(=O)[nH]2)c1. The monoisotopic (exact) mass is 477 g/mol. The summed E-state index contributed by atoms with van der Waals surface area (Å²) in [7, 11) is 0. The maximum absolute atomic E-state index is 12.7. The minimum Gasteiger partial charge on any atom is -0.478 e. The second-order valence-electron chi connectivity index (χ2n) is 7.71. The van der Waals surface area contributed by atoms with Crippen molar-refractivity contribution in [2.45, 2.75) is 33.1 Å². The van der Waals surface area contributed by atoms with Gasteiger partial charge in [0, 0.05) is 12.1 Å². The molecular weight excluding hydrogens is 454 g/mol. The van der Waals surface area contributed by atoms with Crippen LogP contribution in [-0.2, 0) is 30.9 Å². The van der Waals surface area contributed by atoms with Gasteiger partial charge in [-0.2, -0.15) is 0 Å². The van der Waals surface area contributed by atoms with Gasteiger partial charge in [0.2, 0.25) is 5.82 Å². The van der Waals surface area contributed by atoms with Gasteiger partial charge in [-0.05, 0) is 40.6 Å². The van der Waals surface area contributed by atoms with Crippen molar-refractivity contribution in [2.75, 3.05) is 0 Å². The van der Waals surface area contributed by atoms with E-state index in [2.05, 4.69) is 22.2 Å². The summed E-state index contributed by atoms with van der Waals surface area (Å²) >= 11 is 1.27. The number of amides is 1. The lowest BCUT2D eigenvalue weighted by atomic mass is 10.1. The Labute approximate surface area is 199 Å². The van der Waals surface area contributed by atoms with Crippen LogP contribution in [0.1, 0.15) is 50.2 Å². The van der Waals surface area contributed by atoms with Gasteiger partial charge in [-0.1, -0.05) is 43.3 Å². The number of carboxylic acids is 1. The Morgan fingerprint density at radius 3 is 2.59 bits per heavy atom. The van der Waals surface area contributed by atoms with Crippen LogP contribution >= 0.6 is 11.3 Å². The number of benzene rings is 2. The number of aromatic carboxylic acids is 1. The predicted octanol–water partition coefficient (Wildman–Crippen LogP) is 3.89. The Morgan fingerprint density at radius 1 is 1.09 bits per heavy atom. The fourth-order valence-corrected chi connectivity index (χ4v) is 4.39. The minimum absolute atomic E-state index is 0.0306. The third-order valence-electron chi connectivity index (χ3n) is 5.32. The Bertz CT molecular complexity index is 1390. The van der Waals surface area contributed by atoms with Crippen LogP contribution in [-0.4, -0.2) is 27.0 Å². The minimum atomic E-state index is -0.984. The quantitative estimate of drug-likeness (QED) is 0.336. The lowest BCUT2D eigenvalue weighted by Crippen LogP contribution is -2.27. The number of nitrogens with one attached hydrogen (secondary N) is 2. The van der Waals surface area contributed by atoms with Gasteiger partial charge in [0.05, 0.1) is 24.2 Å². The molecule has 1 amide bonds. The number of hydrogen-bond acceptors (Lipinski definition) is 6. The molecule has 2 aromatic carbocycles. The molecule has 0 bridgehead atoms. The van der Waals surface area contributed by atoms with Crippen molar-refractivity contribution in [1.29, 1.82) is 0 Å². The second-order valence-corrected chi connectivity index (χ2v) is 8.56. The maximum Gasteiger partial charge on any atom is 0.335 e. The van der Waals surface area contributed by atoms with Crippen LogP contribution in [0.3, 0.4) is 0 Å². The van der Waals surface area contributed by atoms with E-state index in [-0.39, 0.29) is 24.6 Å². The number of aromatic amines is 1. The summed E-state index contributed by atoms with van der Waals surface area (Å²) in [4.78, 5) is 43.6. The van der Waals surface area contributed by atoms with Crippen LogP contribution in [0.15, 0.2) is 58.7 Å². The third-order valence-corrected chi connectivity index (χ3v) is 6.24. The highest BCUT2D eigenvalue weighted by atomic mass is 32.1. The normalized spacial score (nSPS) is 11.0. The third kappa shape index (κ3) is 5.38. The van der Waals surface area contributed by atoms with Crippen LogP contribution < -0.4 is 10.9 Å². The molecule has 2 heterocycles. The van der Waals surface area contributed by atoms with Gasteiger partial charge in [0.1, 0.15) is 4.83 Å². The van der Waals surface area contributed by atoms with E-state index < -0.39 is 17.4 Å². The molecule has 0 unspecified atom stereocenters. The average molecular weight is 478 g/mol. The summed E-state index contributed by atoms with van der Waals surface area (Å²) in [5, 5.41) is 14.0. The van der Waals surface area contributed by atoms with E-state index in [0.717, 1.165) is 17.5 Å². The lowest BCUT2D eigenvalue weighted by Gasteiger charge is -2.07. The number of rotatable bonds is 9. The van der Waals surface area contributed by atoms with Crippen LogP contribution in [0, 0.1) is 0 Å². The van der Waals surface area contributed by atoms with Crippen molar-refractivity contribution in [3.8, 4) is 0 Å². The number of carboxylic acid groups (broad SMARTS) is 1. The number of hydrogen-bond donors (Lipinski definition) is 3. The first-order valence-corrected chi connectivity index (χ1v) is 11.6. The van der Waals surface area contributed by atoms with Crippen LogP contribution in [0.2, 0.25) is 0 Å². The van der Waals surface area contributed by atoms with E-state index in [1.54, 1.807) is 17.5 Å². The summed E-state index contributed by atoms with van der Waals surface area (Å²) < 4.78 is 5.71. The standard InChI is InChI=1S/C25H23N3O5S/c1-2-15-4-3-5-17(10-15)11-26-23(30)21-27-22(29)20-19(14-34-24(20)28-21)13-33-12-16-6-8-18(9-7-16)25(31)32/h3-10,14H,2,11-13H2,1H3,(H,26,30)(H,31,32)(H,27,28,29). The molecule has 0 aliphatic rings. The van der Waals surface area contributed by atoms with Gasteiger partial charge in [-0.25, -0.2) is 9.78 Å². The smallest absolute Gasteiger partial charge is 0.335 e. The first kappa shape index (κ1) is 23.3. The predicted molar refractivity (Wildman–Crippen MR) is 129 cm³/mol. The topological polar surface area (TPSA) is 121 Å². The Balaban J connectivity index is 1.40. The number of fused-ring (bicyclic) bond motifs is 1. The molecule has 0 saturated heterocycles. The number of nitrogens with zero attached hydrogens (tertiary/aromatic N) is 1. The van der Waals surface area contributed by atoms with Crippen molar-refractivity contribution in [1.82, 2.24) is 15.3 Å². The first-order chi connectivity index (χ1) is 16.4. The number of aromatic nitrogens is 2. The number of carbonyl (C=O) groups is 2. The molecule has 4 rings (SSSR count). The average Bonchev–Trinajstić information content (AvgIpc) is 3.26. The van der Waals surface area contributed by atoms with Gasteiger partial charge in [0.25, 0.3) is 11.5 Å². The van der Waals surface area contributed by atoms with Gasteiger partial charge in [0.15, 0.2) is 0 Å². The molecular formula is C25H23N3O5S. The van der Waals surface area contributed by atoms with E-state index in [4.69, 9.17) is 9.84 Å². The van der Waals surface area contributed by atoms with Crippen molar-refractivity contribution in [3.63, 3.8) is 0 Å². The molecule has 34 heavy (non-hydrogen) atoms. The molecule has 4 aromatic rings. The van der Waals surface area contributed by atoms with Crippen LogP contribution in [0.5, 0.6) is 0 Å². The molecule has 0 fully saturated rings. The highest BCUT2D eigenvalue weighted by Gasteiger charge is 2.15. The molecule has 2 aromatic heterocycles.